The summed E-state index contributed by atoms with van der Waals surface area (Å²) >= 11 is 0. The second-order valence-electron chi connectivity index (χ2n) is 4.01. The summed E-state index contributed by atoms with van der Waals surface area (Å²) in [4.78, 5) is 0. The minimum atomic E-state index is -3.48. The first kappa shape index (κ1) is 12.4. The van der Waals surface area contributed by atoms with Gasteiger partial charge >= 0.3 is 0 Å². The van der Waals surface area contributed by atoms with Crippen LogP contribution < -0.4 is 4.72 Å². The standard InChI is InChI=1S/C9H17N3O2S/c1-3-9(2,8-10)11-15(13,14)12-6-4-5-7-12/h11H,3-7H2,1-2H3. The lowest BCUT2D eigenvalue weighted by molar-refractivity contribution is 0.430. The molecule has 1 heterocycles. The predicted octanol–water partition coefficient (Wildman–Crippen LogP) is 0.609. The number of nitriles is 1. The van der Waals surface area contributed by atoms with E-state index < -0.39 is 15.7 Å². The summed E-state index contributed by atoms with van der Waals surface area (Å²) < 4.78 is 27.5. The Balaban J connectivity index is 2.76. The molecule has 0 aromatic heterocycles. The summed E-state index contributed by atoms with van der Waals surface area (Å²) in [6, 6.07) is 1.99. The van der Waals surface area contributed by atoms with Crippen LogP contribution in [0.1, 0.15) is 33.1 Å². The number of rotatable bonds is 4. The van der Waals surface area contributed by atoms with Gasteiger partial charge in [-0.2, -0.15) is 22.7 Å². The third kappa shape index (κ3) is 2.91. The average Bonchev–Trinajstić information content (AvgIpc) is 2.70. The normalized spacial score (nSPS) is 22.2. The van der Waals surface area contributed by atoms with E-state index in [0.29, 0.717) is 19.5 Å². The van der Waals surface area contributed by atoms with E-state index in [4.69, 9.17) is 5.26 Å². The van der Waals surface area contributed by atoms with Gasteiger partial charge in [-0.15, -0.1) is 0 Å². The second kappa shape index (κ2) is 4.47. The summed E-state index contributed by atoms with van der Waals surface area (Å²) in [6.45, 7) is 4.50. The third-order valence-electron chi connectivity index (χ3n) is 2.71. The molecule has 0 radical (unpaired) electrons. The van der Waals surface area contributed by atoms with Crippen molar-refractivity contribution in [2.45, 2.75) is 38.6 Å². The highest BCUT2D eigenvalue weighted by molar-refractivity contribution is 7.87. The predicted molar refractivity (Wildman–Crippen MR) is 57.2 cm³/mol. The molecule has 1 atom stereocenters. The van der Waals surface area contributed by atoms with Crippen molar-refractivity contribution in [3.05, 3.63) is 0 Å². The van der Waals surface area contributed by atoms with E-state index in [1.807, 2.05) is 6.07 Å². The minimum absolute atomic E-state index is 0.455. The maximum atomic E-state index is 11.8. The molecule has 1 N–H and O–H groups in total. The molecule has 0 aromatic carbocycles. The van der Waals surface area contributed by atoms with Gasteiger partial charge in [0, 0.05) is 13.1 Å². The molecule has 1 fully saturated rings. The maximum absolute atomic E-state index is 11.8. The van der Waals surface area contributed by atoms with Gasteiger partial charge in [-0.25, -0.2) is 0 Å². The van der Waals surface area contributed by atoms with Gasteiger partial charge in [0.1, 0.15) is 5.54 Å². The molecule has 5 nitrogen and oxygen atoms in total. The summed E-state index contributed by atoms with van der Waals surface area (Å²) in [5.41, 5.74) is -0.999. The highest BCUT2D eigenvalue weighted by atomic mass is 32.2. The molecule has 0 amide bonds. The number of hydrogen-bond acceptors (Lipinski definition) is 3. The first-order chi connectivity index (χ1) is 6.93. The van der Waals surface area contributed by atoms with Gasteiger partial charge < -0.3 is 0 Å². The van der Waals surface area contributed by atoms with Gasteiger partial charge in [0.25, 0.3) is 10.2 Å². The van der Waals surface area contributed by atoms with Crippen LogP contribution in [0.3, 0.4) is 0 Å². The van der Waals surface area contributed by atoms with Crippen molar-refractivity contribution in [2.75, 3.05) is 13.1 Å². The van der Waals surface area contributed by atoms with Crippen molar-refractivity contribution < 1.29 is 8.42 Å². The van der Waals surface area contributed by atoms with E-state index in [1.165, 1.54) is 4.31 Å². The molecular formula is C9H17N3O2S. The summed E-state index contributed by atoms with van der Waals surface area (Å²) in [5.74, 6) is 0. The molecular weight excluding hydrogens is 214 g/mol. The lowest BCUT2D eigenvalue weighted by Crippen LogP contribution is -2.50. The topological polar surface area (TPSA) is 73.2 Å². The van der Waals surface area contributed by atoms with Crippen molar-refractivity contribution in [3.63, 3.8) is 0 Å². The fraction of sp³-hybridized carbons (Fsp3) is 0.889. The van der Waals surface area contributed by atoms with Crippen molar-refractivity contribution in [1.29, 1.82) is 5.26 Å². The molecule has 0 aromatic rings. The Morgan fingerprint density at radius 3 is 2.40 bits per heavy atom. The highest BCUT2D eigenvalue weighted by Gasteiger charge is 2.33. The smallest absolute Gasteiger partial charge is 0.196 e. The van der Waals surface area contributed by atoms with Crippen LogP contribution in [0.4, 0.5) is 0 Å². The zero-order valence-corrected chi connectivity index (χ0v) is 9.97. The number of hydrogen-bond donors (Lipinski definition) is 1. The van der Waals surface area contributed by atoms with Crippen LogP contribution in [0.15, 0.2) is 0 Å². The molecule has 0 spiro atoms. The first-order valence-corrected chi connectivity index (χ1v) is 6.58. The van der Waals surface area contributed by atoms with Gasteiger partial charge in [-0.1, -0.05) is 6.92 Å². The van der Waals surface area contributed by atoms with E-state index in [0.717, 1.165) is 12.8 Å². The van der Waals surface area contributed by atoms with Crippen LogP contribution in [-0.4, -0.2) is 31.4 Å². The second-order valence-corrected chi connectivity index (χ2v) is 5.68. The van der Waals surface area contributed by atoms with Gasteiger partial charge in [-0.3, -0.25) is 0 Å². The molecule has 0 bridgehead atoms. The molecule has 0 saturated carbocycles. The molecule has 86 valence electrons. The summed E-state index contributed by atoms with van der Waals surface area (Å²) in [6.07, 6.45) is 2.25. The Labute approximate surface area is 91.3 Å². The van der Waals surface area contributed by atoms with Gasteiger partial charge in [0.15, 0.2) is 0 Å². The van der Waals surface area contributed by atoms with E-state index in [-0.39, 0.29) is 0 Å². The fourth-order valence-corrected chi connectivity index (χ4v) is 3.08. The largest absolute Gasteiger partial charge is 0.280 e. The van der Waals surface area contributed by atoms with Crippen LogP contribution in [0.5, 0.6) is 0 Å². The molecule has 1 rings (SSSR count). The summed E-state index contributed by atoms with van der Waals surface area (Å²) in [5, 5.41) is 8.90. The first-order valence-electron chi connectivity index (χ1n) is 5.14. The minimum Gasteiger partial charge on any atom is -0.196 e. The van der Waals surface area contributed by atoms with Gasteiger partial charge in [0.2, 0.25) is 0 Å². The maximum Gasteiger partial charge on any atom is 0.280 e. The SMILES string of the molecule is CCC(C)(C#N)NS(=O)(=O)N1CCCC1. The Morgan fingerprint density at radius 2 is 2.00 bits per heavy atom. The number of nitrogens with one attached hydrogen (secondary N) is 1. The van der Waals surface area contributed by atoms with Crippen LogP contribution in [0.2, 0.25) is 0 Å². The molecule has 1 unspecified atom stereocenters. The summed E-state index contributed by atoms with van der Waals surface area (Å²) in [7, 11) is -3.48. The zero-order chi connectivity index (χ0) is 11.5. The van der Waals surface area contributed by atoms with E-state index >= 15 is 0 Å². The monoisotopic (exact) mass is 231 g/mol. The molecule has 1 aliphatic heterocycles. The molecule has 1 aliphatic rings. The van der Waals surface area contributed by atoms with Gasteiger partial charge in [-0.05, 0) is 26.2 Å². The lowest BCUT2D eigenvalue weighted by Gasteiger charge is -2.25. The highest BCUT2D eigenvalue weighted by Crippen LogP contribution is 2.15. The molecule has 1 saturated heterocycles. The van der Waals surface area contributed by atoms with Crippen LogP contribution in [0, 0.1) is 11.3 Å². The molecule has 15 heavy (non-hydrogen) atoms. The quantitative estimate of drug-likeness (QED) is 0.770. The van der Waals surface area contributed by atoms with E-state index in [2.05, 4.69) is 4.72 Å². The third-order valence-corrected chi connectivity index (χ3v) is 4.47. The van der Waals surface area contributed by atoms with Crippen LogP contribution in [-0.2, 0) is 10.2 Å². The van der Waals surface area contributed by atoms with E-state index in [1.54, 1.807) is 13.8 Å². The fourth-order valence-electron chi connectivity index (χ4n) is 1.45. The van der Waals surface area contributed by atoms with E-state index in [9.17, 15) is 8.42 Å². The van der Waals surface area contributed by atoms with Crippen molar-refractivity contribution >= 4 is 10.2 Å². The zero-order valence-electron chi connectivity index (χ0n) is 9.15. The average molecular weight is 231 g/mol. The Morgan fingerprint density at radius 1 is 1.47 bits per heavy atom. The molecule has 6 heteroatoms. The van der Waals surface area contributed by atoms with Crippen LogP contribution >= 0.6 is 0 Å². The van der Waals surface area contributed by atoms with Crippen molar-refractivity contribution in [1.82, 2.24) is 9.03 Å². The van der Waals surface area contributed by atoms with Crippen molar-refractivity contribution in [2.24, 2.45) is 0 Å². The Bertz CT molecular complexity index is 354. The lowest BCUT2D eigenvalue weighted by atomic mass is 10.0. The number of nitrogens with zero attached hydrogens (tertiary/aromatic N) is 2. The van der Waals surface area contributed by atoms with Gasteiger partial charge in [0.05, 0.1) is 6.07 Å². The van der Waals surface area contributed by atoms with Crippen LogP contribution in [0.25, 0.3) is 0 Å². The van der Waals surface area contributed by atoms with Crippen molar-refractivity contribution in [3.8, 4) is 6.07 Å². The molecule has 0 aliphatic carbocycles. The Hall–Kier alpha value is -0.640. The Kier molecular flexibility index (Phi) is 3.71.